The number of ether oxygens (including phenoxy) is 1. The van der Waals surface area contributed by atoms with Crippen molar-refractivity contribution in [1.29, 1.82) is 0 Å². The minimum atomic E-state index is -0.157. The number of benzene rings is 2. The number of hydrogen-bond acceptors (Lipinski definition) is 5. The van der Waals surface area contributed by atoms with E-state index in [-0.39, 0.29) is 23.5 Å². The molecule has 4 aromatic rings. The van der Waals surface area contributed by atoms with Crippen LogP contribution in [-0.4, -0.2) is 15.3 Å². The first-order valence-corrected chi connectivity index (χ1v) is 12.8. The summed E-state index contributed by atoms with van der Waals surface area (Å²) in [5.74, 6) is 0.487. The number of amides is 1. The number of rotatable bonds is 5. The predicted octanol–water partition coefficient (Wildman–Crippen LogP) is 5.76. The van der Waals surface area contributed by atoms with Crippen molar-refractivity contribution in [3.8, 4) is 5.75 Å². The number of thiazole rings is 1. The summed E-state index contributed by atoms with van der Waals surface area (Å²) in [7, 11) is 0. The van der Waals surface area contributed by atoms with Crippen LogP contribution in [0.1, 0.15) is 65.8 Å². The zero-order valence-corrected chi connectivity index (χ0v) is 21.1. The highest BCUT2D eigenvalue weighted by Crippen LogP contribution is 2.28. The van der Waals surface area contributed by atoms with Crippen LogP contribution in [0.25, 0.3) is 4.96 Å². The lowest BCUT2D eigenvalue weighted by atomic mass is 9.87. The van der Waals surface area contributed by atoms with Crippen molar-refractivity contribution in [2.24, 2.45) is 0 Å². The number of nitrogens with one attached hydrogen (secondary N) is 1. The Bertz CT molecular complexity index is 1430. The highest BCUT2D eigenvalue weighted by molar-refractivity contribution is 7.17. The molecule has 1 aliphatic rings. The van der Waals surface area contributed by atoms with E-state index in [0.29, 0.717) is 22.7 Å². The maximum Gasteiger partial charge on any atom is 0.259 e. The molecular formula is C28H29N3O3S. The first kappa shape index (κ1) is 23.3. The van der Waals surface area contributed by atoms with Crippen molar-refractivity contribution in [3.05, 3.63) is 92.3 Å². The van der Waals surface area contributed by atoms with Crippen molar-refractivity contribution < 1.29 is 9.53 Å². The molecule has 1 amide bonds. The van der Waals surface area contributed by atoms with Gasteiger partial charge < -0.3 is 10.1 Å². The van der Waals surface area contributed by atoms with Crippen molar-refractivity contribution in [2.75, 3.05) is 5.32 Å². The van der Waals surface area contributed by atoms with Gasteiger partial charge in [0.05, 0.1) is 5.69 Å². The minimum absolute atomic E-state index is 0.0402. The summed E-state index contributed by atoms with van der Waals surface area (Å²) in [5.41, 5.74) is 4.23. The minimum Gasteiger partial charge on any atom is -0.487 e. The van der Waals surface area contributed by atoms with E-state index in [2.05, 4.69) is 31.1 Å². The van der Waals surface area contributed by atoms with Gasteiger partial charge in [-0.1, -0.05) is 32.9 Å². The Morgan fingerprint density at radius 2 is 1.77 bits per heavy atom. The number of aryl methyl sites for hydroxylation is 2. The number of fused-ring (bicyclic) bond motifs is 3. The largest absolute Gasteiger partial charge is 0.487 e. The average molecular weight is 488 g/mol. The molecule has 180 valence electrons. The Morgan fingerprint density at radius 3 is 2.49 bits per heavy atom. The van der Waals surface area contributed by atoms with Crippen LogP contribution in [0.15, 0.2) is 59.4 Å². The number of nitrogens with zero attached hydrogens (tertiary/aromatic N) is 2. The SMILES string of the molecule is CC(C)(C)c1ccc(C(=O)Nc2ccc(OCc3cc(=O)n4c5c(sc4n3)CCCC5)cc2)cc1. The van der Waals surface area contributed by atoms with E-state index in [0.717, 1.165) is 29.9 Å². The first-order valence-electron chi connectivity index (χ1n) is 12.0. The molecular weight excluding hydrogens is 458 g/mol. The molecule has 5 rings (SSSR count). The zero-order valence-electron chi connectivity index (χ0n) is 20.3. The van der Waals surface area contributed by atoms with E-state index < -0.39 is 0 Å². The van der Waals surface area contributed by atoms with E-state index in [1.807, 2.05) is 24.3 Å². The molecule has 6 nitrogen and oxygen atoms in total. The summed E-state index contributed by atoms with van der Waals surface area (Å²) in [6.45, 7) is 6.65. The summed E-state index contributed by atoms with van der Waals surface area (Å²) >= 11 is 1.61. The van der Waals surface area contributed by atoms with Gasteiger partial charge in [-0.05, 0) is 73.1 Å². The van der Waals surface area contributed by atoms with E-state index in [4.69, 9.17) is 4.74 Å². The van der Waals surface area contributed by atoms with Gasteiger partial charge in [-0.15, -0.1) is 11.3 Å². The standard InChI is InChI=1S/C28H29N3O3S/c1-28(2,3)19-10-8-18(9-11-19)26(33)29-20-12-14-22(15-13-20)34-17-21-16-25(32)31-23-6-4-5-7-24(23)35-27(31)30-21/h8-16H,4-7,17H2,1-3H3,(H,29,33). The second kappa shape index (κ2) is 9.30. The second-order valence-electron chi connectivity index (χ2n) is 9.98. The monoisotopic (exact) mass is 487 g/mol. The molecule has 0 saturated heterocycles. The van der Waals surface area contributed by atoms with Gasteiger partial charge in [0.25, 0.3) is 11.5 Å². The molecule has 1 N–H and O–H groups in total. The van der Waals surface area contributed by atoms with E-state index >= 15 is 0 Å². The van der Waals surface area contributed by atoms with Gasteiger partial charge in [0.1, 0.15) is 12.4 Å². The van der Waals surface area contributed by atoms with Gasteiger partial charge in [-0.25, -0.2) is 4.98 Å². The van der Waals surface area contributed by atoms with Crippen LogP contribution in [0, 0.1) is 0 Å². The number of hydrogen-bond donors (Lipinski definition) is 1. The Kier molecular flexibility index (Phi) is 6.19. The molecule has 0 bridgehead atoms. The van der Waals surface area contributed by atoms with Gasteiger partial charge >= 0.3 is 0 Å². The van der Waals surface area contributed by atoms with Gasteiger partial charge in [0, 0.05) is 27.9 Å². The van der Waals surface area contributed by atoms with Crippen molar-refractivity contribution >= 4 is 27.9 Å². The summed E-state index contributed by atoms with van der Waals surface area (Å²) in [6.07, 6.45) is 4.26. The van der Waals surface area contributed by atoms with Crippen molar-refractivity contribution in [1.82, 2.24) is 9.38 Å². The fourth-order valence-corrected chi connectivity index (χ4v) is 5.56. The topological polar surface area (TPSA) is 72.7 Å². The average Bonchev–Trinajstić information content (AvgIpc) is 3.22. The molecule has 2 aromatic heterocycles. The van der Waals surface area contributed by atoms with Crippen LogP contribution in [-0.2, 0) is 24.9 Å². The zero-order chi connectivity index (χ0) is 24.6. The fourth-order valence-electron chi connectivity index (χ4n) is 4.33. The molecule has 35 heavy (non-hydrogen) atoms. The molecule has 0 spiro atoms. The lowest BCUT2D eigenvalue weighted by molar-refractivity contribution is 0.102. The Balaban J connectivity index is 1.22. The van der Waals surface area contributed by atoms with Crippen LogP contribution in [0.4, 0.5) is 5.69 Å². The third-order valence-corrected chi connectivity index (χ3v) is 7.47. The molecule has 2 aromatic carbocycles. The first-order chi connectivity index (χ1) is 16.8. The van der Waals surface area contributed by atoms with Gasteiger partial charge in [-0.3, -0.25) is 14.0 Å². The van der Waals surface area contributed by atoms with Crippen molar-refractivity contribution in [2.45, 2.75) is 58.5 Å². The molecule has 0 saturated carbocycles. The number of carbonyl (C=O) groups excluding carboxylic acids is 1. The highest BCUT2D eigenvalue weighted by Gasteiger charge is 2.19. The Morgan fingerprint density at radius 1 is 1.06 bits per heavy atom. The van der Waals surface area contributed by atoms with E-state index in [9.17, 15) is 9.59 Å². The Hall–Kier alpha value is -3.45. The molecule has 0 radical (unpaired) electrons. The molecule has 0 atom stereocenters. The number of carbonyl (C=O) groups is 1. The third-order valence-electron chi connectivity index (χ3n) is 6.33. The quantitative estimate of drug-likeness (QED) is 0.388. The van der Waals surface area contributed by atoms with Crippen LogP contribution in [0.3, 0.4) is 0 Å². The smallest absolute Gasteiger partial charge is 0.259 e. The molecule has 7 heteroatoms. The van der Waals surface area contributed by atoms with Crippen LogP contribution in [0.2, 0.25) is 0 Å². The maximum absolute atomic E-state index is 12.7. The summed E-state index contributed by atoms with van der Waals surface area (Å²) in [6, 6.07) is 16.5. The molecule has 1 aliphatic carbocycles. The van der Waals surface area contributed by atoms with Gasteiger partial charge in [0.15, 0.2) is 4.96 Å². The second-order valence-corrected chi connectivity index (χ2v) is 11.0. The highest BCUT2D eigenvalue weighted by atomic mass is 32.1. The summed E-state index contributed by atoms with van der Waals surface area (Å²) in [5, 5.41) is 2.92. The number of aromatic nitrogens is 2. The van der Waals surface area contributed by atoms with Crippen LogP contribution < -0.4 is 15.6 Å². The normalized spacial score (nSPS) is 13.5. The molecule has 0 fully saturated rings. The van der Waals surface area contributed by atoms with Gasteiger partial charge in [0.2, 0.25) is 0 Å². The molecule has 0 aliphatic heterocycles. The third kappa shape index (κ3) is 5.00. The van der Waals surface area contributed by atoms with Crippen LogP contribution in [0.5, 0.6) is 5.75 Å². The number of anilines is 1. The summed E-state index contributed by atoms with van der Waals surface area (Å²) in [4.78, 5) is 32.0. The van der Waals surface area contributed by atoms with E-state index in [1.165, 1.54) is 16.9 Å². The molecule has 2 heterocycles. The molecule has 0 unspecified atom stereocenters. The summed E-state index contributed by atoms with van der Waals surface area (Å²) < 4.78 is 7.63. The van der Waals surface area contributed by atoms with E-state index in [1.54, 1.807) is 46.1 Å². The van der Waals surface area contributed by atoms with Gasteiger partial charge in [-0.2, -0.15) is 0 Å². The predicted molar refractivity (Wildman–Crippen MR) is 140 cm³/mol. The van der Waals surface area contributed by atoms with Crippen molar-refractivity contribution in [3.63, 3.8) is 0 Å². The Labute approximate surface area is 208 Å². The lowest BCUT2D eigenvalue weighted by Crippen LogP contribution is -2.18. The maximum atomic E-state index is 12.7. The fraction of sp³-hybridized carbons (Fsp3) is 0.321. The van der Waals surface area contributed by atoms with Crippen LogP contribution >= 0.6 is 11.3 Å². The lowest BCUT2D eigenvalue weighted by Gasteiger charge is -2.19.